The molecule has 3 aromatic rings. The van der Waals surface area contributed by atoms with Gasteiger partial charge in [0, 0.05) is 49.9 Å². The van der Waals surface area contributed by atoms with Gasteiger partial charge in [0.2, 0.25) is 5.91 Å². The van der Waals surface area contributed by atoms with Gasteiger partial charge in [-0.2, -0.15) is 0 Å². The molecule has 1 aromatic heterocycles. The maximum atomic E-state index is 13.4. The van der Waals surface area contributed by atoms with Crippen molar-refractivity contribution in [2.24, 2.45) is 5.92 Å². The van der Waals surface area contributed by atoms with Crippen LogP contribution in [0.1, 0.15) is 29.6 Å². The van der Waals surface area contributed by atoms with Gasteiger partial charge in [0.1, 0.15) is 23.9 Å². The van der Waals surface area contributed by atoms with Crippen molar-refractivity contribution in [3.8, 4) is 22.8 Å². The molecule has 40 heavy (non-hydrogen) atoms. The summed E-state index contributed by atoms with van der Waals surface area (Å²) >= 11 is 0. The Labute approximate surface area is 233 Å². The highest BCUT2D eigenvalue weighted by Crippen LogP contribution is 2.32. The van der Waals surface area contributed by atoms with Gasteiger partial charge in [-0.05, 0) is 73.7 Å². The van der Waals surface area contributed by atoms with E-state index >= 15 is 0 Å². The molecule has 1 aliphatic heterocycles. The van der Waals surface area contributed by atoms with Crippen LogP contribution in [0.5, 0.6) is 11.5 Å². The van der Waals surface area contributed by atoms with Crippen molar-refractivity contribution in [3.05, 3.63) is 66.0 Å². The molecule has 0 radical (unpaired) electrons. The number of amides is 2. The van der Waals surface area contributed by atoms with E-state index in [2.05, 4.69) is 15.1 Å². The minimum Gasteiger partial charge on any atom is -0.497 e. The Morgan fingerprint density at radius 3 is 2.42 bits per heavy atom. The van der Waals surface area contributed by atoms with E-state index in [4.69, 9.17) is 9.47 Å². The lowest BCUT2D eigenvalue weighted by Gasteiger charge is -2.27. The van der Waals surface area contributed by atoms with E-state index < -0.39 is 5.82 Å². The lowest BCUT2D eigenvalue weighted by Crippen LogP contribution is -2.45. The first-order valence-electron chi connectivity index (χ1n) is 13.6. The number of halogens is 1. The van der Waals surface area contributed by atoms with Crippen molar-refractivity contribution < 1.29 is 23.5 Å². The van der Waals surface area contributed by atoms with Crippen LogP contribution in [0.25, 0.3) is 11.3 Å². The van der Waals surface area contributed by atoms with Gasteiger partial charge in [0.25, 0.3) is 5.91 Å². The minimum absolute atomic E-state index is 0.0188. The second-order valence-electron chi connectivity index (χ2n) is 10.2. The summed E-state index contributed by atoms with van der Waals surface area (Å²) in [6.07, 6.45) is 2.90. The molecular formula is C30H34FN5O4. The fourth-order valence-electron chi connectivity index (χ4n) is 4.91. The molecule has 1 aliphatic carbocycles. The molecule has 1 saturated heterocycles. The van der Waals surface area contributed by atoms with Crippen LogP contribution in [0.2, 0.25) is 0 Å². The summed E-state index contributed by atoms with van der Waals surface area (Å²) in [5, 5.41) is 8.90. The number of hydrogen-bond donors (Lipinski definition) is 0. The van der Waals surface area contributed by atoms with Gasteiger partial charge in [0.05, 0.1) is 19.9 Å². The number of anilines is 1. The van der Waals surface area contributed by atoms with Gasteiger partial charge in [0.15, 0.2) is 5.82 Å². The maximum absolute atomic E-state index is 13.4. The standard InChI is InChI=1S/C30H34FN5O4/c1-39-24-10-11-25(27(18-24)40-2)26-12-13-28(33-32-26)34-14-3-15-35(17-16-34)29(37)20-36(19-21-4-5-21)30(38)22-6-8-23(31)9-7-22/h6-13,18,21H,3-5,14-17,19-20H2,1-2H3. The van der Waals surface area contributed by atoms with E-state index in [1.165, 1.54) is 24.3 Å². The third kappa shape index (κ3) is 6.50. The second kappa shape index (κ2) is 12.3. The van der Waals surface area contributed by atoms with Crippen molar-refractivity contribution in [2.45, 2.75) is 19.3 Å². The number of carbonyl (C=O) groups is 2. The zero-order valence-electron chi connectivity index (χ0n) is 22.9. The summed E-state index contributed by atoms with van der Waals surface area (Å²) in [6, 6.07) is 14.9. The van der Waals surface area contributed by atoms with Gasteiger partial charge in [-0.15, -0.1) is 10.2 Å². The monoisotopic (exact) mass is 547 g/mol. The summed E-state index contributed by atoms with van der Waals surface area (Å²) in [5.74, 6) is 1.81. The van der Waals surface area contributed by atoms with Crippen LogP contribution in [0.3, 0.4) is 0 Å². The molecule has 1 saturated carbocycles. The average Bonchev–Trinajstić information content (AvgIpc) is 3.83. The van der Waals surface area contributed by atoms with Gasteiger partial charge in [-0.3, -0.25) is 9.59 Å². The van der Waals surface area contributed by atoms with Crippen molar-refractivity contribution in [1.82, 2.24) is 20.0 Å². The number of ether oxygens (including phenoxy) is 2. The van der Waals surface area contributed by atoms with Crippen molar-refractivity contribution >= 4 is 17.6 Å². The fraction of sp³-hybridized carbons (Fsp3) is 0.400. The van der Waals surface area contributed by atoms with Crippen molar-refractivity contribution in [3.63, 3.8) is 0 Å². The first kappa shape index (κ1) is 27.4. The maximum Gasteiger partial charge on any atom is 0.254 e. The summed E-state index contributed by atoms with van der Waals surface area (Å²) in [5.41, 5.74) is 1.91. The summed E-state index contributed by atoms with van der Waals surface area (Å²) in [7, 11) is 3.21. The molecule has 0 bridgehead atoms. The Hall–Kier alpha value is -4.21. The van der Waals surface area contributed by atoms with Gasteiger partial charge < -0.3 is 24.2 Å². The Kier molecular flexibility index (Phi) is 8.42. The molecule has 210 valence electrons. The number of hydrogen-bond acceptors (Lipinski definition) is 7. The normalized spacial score (nSPS) is 15.4. The minimum atomic E-state index is -0.393. The van der Waals surface area contributed by atoms with Crippen LogP contribution >= 0.6 is 0 Å². The third-order valence-electron chi connectivity index (χ3n) is 7.39. The molecule has 2 aliphatic rings. The number of nitrogens with zero attached hydrogens (tertiary/aromatic N) is 5. The SMILES string of the molecule is COc1ccc(-c2ccc(N3CCCN(C(=O)CN(CC4CC4)C(=O)c4ccc(F)cc4)CC3)nn2)c(OC)c1. The zero-order chi connectivity index (χ0) is 28.1. The smallest absolute Gasteiger partial charge is 0.254 e. The molecular weight excluding hydrogens is 513 g/mol. The predicted octanol–water partition coefficient (Wildman–Crippen LogP) is 3.89. The molecule has 2 heterocycles. The highest BCUT2D eigenvalue weighted by Gasteiger charge is 2.30. The molecule has 0 N–H and O–H groups in total. The van der Waals surface area contributed by atoms with Gasteiger partial charge in [-0.1, -0.05) is 0 Å². The van der Waals surface area contributed by atoms with Gasteiger partial charge in [-0.25, -0.2) is 4.39 Å². The third-order valence-corrected chi connectivity index (χ3v) is 7.39. The Bertz CT molecular complexity index is 1330. The van der Waals surface area contributed by atoms with E-state index in [1.807, 2.05) is 35.2 Å². The van der Waals surface area contributed by atoms with Crippen LogP contribution in [0.4, 0.5) is 10.2 Å². The highest BCUT2D eigenvalue weighted by molar-refractivity contribution is 5.96. The lowest BCUT2D eigenvalue weighted by atomic mass is 10.1. The van der Waals surface area contributed by atoms with Crippen LogP contribution in [0.15, 0.2) is 54.6 Å². The van der Waals surface area contributed by atoms with Crippen LogP contribution < -0.4 is 14.4 Å². The molecule has 0 unspecified atom stereocenters. The first-order valence-corrected chi connectivity index (χ1v) is 13.6. The highest BCUT2D eigenvalue weighted by atomic mass is 19.1. The second-order valence-corrected chi connectivity index (χ2v) is 10.2. The molecule has 2 amide bonds. The van der Waals surface area contributed by atoms with Crippen LogP contribution in [0, 0.1) is 11.7 Å². The average molecular weight is 548 g/mol. The Morgan fingerprint density at radius 1 is 0.950 bits per heavy atom. The molecule has 0 spiro atoms. The van der Waals surface area contributed by atoms with Gasteiger partial charge >= 0.3 is 0 Å². The molecule has 2 fully saturated rings. The van der Waals surface area contributed by atoms with Crippen molar-refractivity contribution in [2.75, 3.05) is 58.4 Å². The summed E-state index contributed by atoms with van der Waals surface area (Å²) < 4.78 is 24.1. The van der Waals surface area contributed by atoms with Crippen molar-refractivity contribution in [1.29, 1.82) is 0 Å². The van der Waals surface area contributed by atoms with E-state index in [-0.39, 0.29) is 18.4 Å². The fourth-order valence-corrected chi connectivity index (χ4v) is 4.91. The van der Waals surface area contributed by atoms with E-state index in [0.29, 0.717) is 54.9 Å². The molecule has 9 nitrogen and oxygen atoms in total. The summed E-state index contributed by atoms with van der Waals surface area (Å²) in [4.78, 5) is 32.0. The molecule has 5 rings (SSSR count). The number of carbonyl (C=O) groups excluding carboxylic acids is 2. The topological polar surface area (TPSA) is 88.1 Å². The van der Waals surface area contributed by atoms with E-state index in [0.717, 1.165) is 37.2 Å². The predicted molar refractivity (Wildman–Crippen MR) is 149 cm³/mol. The number of methoxy groups -OCH3 is 2. The van der Waals surface area contributed by atoms with Crippen LogP contribution in [-0.4, -0.2) is 85.3 Å². The Balaban J connectivity index is 1.21. The first-order chi connectivity index (χ1) is 19.4. The number of aromatic nitrogens is 2. The van der Waals surface area contributed by atoms with E-state index in [9.17, 15) is 14.0 Å². The number of benzene rings is 2. The molecule has 0 atom stereocenters. The Morgan fingerprint density at radius 2 is 1.75 bits per heavy atom. The van der Waals surface area contributed by atoms with Crippen LogP contribution in [-0.2, 0) is 4.79 Å². The van der Waals surface area contributed by atoms with E-state index in [1.54, 1.807) is 19.1 Å². The molecule has 2 aromatic carbocycles. The lowest BCUT2D eigenvalue weighted by molar-refractivity contribution is -0.131. The quantitative estimate of drug-likeness (QED) is 0.402. The molecule has 10 heteroatoms. The largest absolute Gasteiger partial charge is 0.497 e. The zero-order valence-corrected chi connectivity index (χ0v) is 22.9. The number of rotatable bonds is 9. The summed E-state index contributed by atoms with van der Waals surface area (Å²) in [6.45, 7) is 3.04.